The molecule has 0 fully saturated rings. The second-order valence-electron chi connectivity index (χ2n) is 9.65. The van der Waals surface area contributed by atoms with E-state index in [4.69, 9.17) is 0 Å². The summed E-state index contributed by atoms with van der Waals surface area (Å²) in [5.41, 5.74) is -17.2. The fraction of sp³-hybridized carbons (Fsp3) is 0.200. The van der Waals surface area contributed by atoms with E-state index >= 15 is 13.2 Å². The molecule has 0 aliphatic rings. The molecule has 0 bridgehead atoms. The molecule has 47 heavy (non-hydrogen) atoms. The first kappa shape index (κ1) is 35.9. The van der Waals surface area contributed by atoms with Gasteiger partial charge >= 0.3 is 24.7 Å². The first-order chi connectivity index (χ1) is 21.5. The Morgan fingerprint density at radius 3 is 1.45 bits per heavy atom. The van der Waals surface area contributed by atoms with Gasteiger partial charge in [0.2, 0.25) is 0 Å². The SMILES string of the molecule is Cc1cc(-c2c(CC(F)(F)F)c(=C(C#N)C#N)c(-c3cc(F)cc(C(F)(F)F)c3)c(C(F)(F)F)c2=C(C#N)C#N)cc(C(F)(F)F)c1. The lowest BCUT2D eigenvalue weighted by molar-refractivity contribution is -0.138. The number of aryl methyl sites for hydroxylation is 1. The molecule has 0 heterocycles. The minimum absolute atomic E-state index is 0.00332. The highest BCUT2D eigenvalue weighted by molar-refractivity contribution is 5.90. The third-order valence-corrected chi connectivity index (χ3v) is 6.42. The van der Waals surface area contributed by atoms with Gasteiger partial charge < -0.3 is 0 Å². The zero-order chi connectivity index (χ0) is 35.9. The zero-order valence-electron chi connectivity index (χ0n) is 22.9. The van der Waals surface area contributed by atoms with Gasteiger partial charge in [0.1, 0.15) is 41.2 Å². The van der Waals surface area contributed by atoms with Crippen LogP contribution in [0.1, 0.15) is 27.8 Å². The fourth-order valence-electron chi connectivity index (χ4n) is 4.86. The molecule has 0 aromatic heterocycles. The van der Waals surface area contributed by atoms with Crippen LogP contribution in [-0.4, -0.2) is 6.18 Å². The summed E-state index contributed by atoms with van der Waals surface area (Å²) in [5, 5.41) is 35.1. The fourth-order valence-corrected chi connectivity index (χ4v) is 4.86. The van der Waals surface area contributed by atoms with Gasteiger partial charge in [-0.1, -0.05) is 6.07 Å². The summed E-state index contributed by atoms with van der Waals surface area (Å²) in [4.78, 5) is 0. The molecule has 0 atom stereocenters. The van der Waals surface area contributed by atoms with E-state index in [1.807, 2.05) is 0 Å². The normalized spacial score (nSPS) is 12.0. The number of rotatable bonds is 3. The highest BCUT2D eigenvalue weighted by atomic mass is 19.4. The molecule has 0 saturated heterocycles. The van der Waals surface area contributed by atoms with E-state index in [1.54, 1.807) is 0 Å². The van der Waals surface area contributed by atoms with Gasteiger partial charge in [0.15, 0.2) is 0 Å². The Morgan fingerprint density at radius 2 is 1.02 bits per heavy atom. The minimum Gasteiger partial charge on any atom is -0.207 e. The number of benzene rings is 3. The van der Waals surface area contributed by atoms with Crippen LogP contribution in [0.2, 0.25) is 0 Å². The molecule has 3 rings (SSSR count). The van der Waals surface area contributed by atoms with Crippen LogP contribution in [0.25, 0.3) is 33.4 Å². The van der Waals surface area contributed by atoms with Gasteiger partial charge in [0.05, 0.1) is 23.1 Å². The van der Waals surface area contributed by atoms with Gasteiger partial charge in [-0.25, -0.2) is 4.39 Å². The van der Waals surface area contributed by atoms with Crippen molar-refractivity contribution in [2.45, 2.75) is 38.0 Å². The van der Waals surface area contributed by atoms with Crippen LogP contribution in [0, 0.1) is 58.1 Å². The van der Waals surface area contributed by atoms with E-state index < -0.39 is 109 Å². The predicted molar refractivity (Wildman–Crippen MR) is 135 cm³/mol. The van der Waals surface area contributed by atoms with Crippen molar-refractivity contribution in [3.05, 3.63) is 80.5 Å². The summed E-state index contributed by atoms with van der Waals surface area (Å²) in [6.45, 7) is 0.967. The Hall–Kier alpha value is -5.55. The van der Waals surface area contributed by atoms with Crippen LogP contribution in [-0.2, 0) is 24.9 Å². The maximum Gasteiger partial charge on any atom is 0.417 e. The molecule has 0 spiro atoms. The molecular formula is C30H11F13N4. The Labute approximate surface area is 254 Å². The lowest BCUT2D eigenvalue weighted by Gasteiger charge is -2.24. The second kappa shape index (κ2) is 12.3. The van der Waals surface area contributed by atoms with Crippen molar-refractivity contribution >= 4 is 11.1 Å². The number of hydrogen-bond acceptors (Lipinski definition) is 4. The number of nitriles is 4. The van der Waals surface area contributed by atoms with Crippen molar-refractivity contribution in [2.24, 2.45) is 0 Å². The molecule has 0 amide bonds. The Morgan fingerprint density at radius 1 is 0.574 bits per heavy atom. The summed E-state index contributed by atoms with van der Waals surface area (Å²) in [6.07, 6.45) is -24.7. The number of hydrogen-bond donors (Lipinski definition) is 0. The van der Waals surface area contributed by atoms with Crippen molar-refractivity contribution in [2.75, 3.05) is 0 Å². The van der Waals surface area contributed by atoms with E-state index in [1.165, 1.54) is 0 Å². The molecule has 0 aliphatic carbocycles. The van der Waals surface area contributed by atoms with E-state index in [9.17, 15) is 65.0 Å². The maximum atomic E-state index is 15.1. The third-order valence-electron chi connectivity index (χ3n) is 6.42. The molecule has 4 nitrogen and oxygen atoms in total. The first-order valence-electron chi connectivity index (χ1n) is 12.3. The highest BCUT2D eigenvalue weighted by Gasteiger charge is 2.42. The van der Waals surface area contributed by atoms with Crippen LogP contribution < -0.4 is 10.4 Å². The van der Waals surface area contributed by atoms with E-state index in [-0.39, 0.29) is 24.3 Å². The standard InChI is InChI=1S/C30H11F13N4/c1-13-2-14(4-18(3-13)28(35,36)37)22-21(8-27(32,33)34)23(16(9-44)10-45)24(15-5-19(29(38,39)40)7-20(31)6-15)26(30(41,42)43)25(22)17(11-46)12-47/h2-7H,8H2,1H3. The smallest absolute Gasteiger partial charge is 0.207 e. The van der Waals surface area contributed by atoms with Crippen molar-refractivity contribution < 1.29 is 57.1 Å². The number of alkyl halides is 12. The summed E-state index contributed by atoms with van der Waals surface area (Å²) < 4.78 is 185. The topological polar surface area (TPSA) is 95.2 Å². The number of nitrogens with zero attached hydrogens (tertiary/aromatic N) is 4. The maximum absolute atomic E-state index is 15.1. The van der Waals surface area contributed by atoms with Crippen molar-refractivity contribution in [3.8, 4) is 46.5 Å². The van der Waals surface area contributed by atoms with E-state index in [0.29, 0.717) is 12.1 Å². The monoisotopic (exact) mass is 674 g/mol. The lowest BCUT2D eigenvalue weighted by atomic mass is 9.81. The molecular weight excluding hydrogens is 663 g/mol. The summed E-state index contributed by atoms with van der Waals surface area (Å²) in [6, 6.07) is 4.95. The van der Waals surface area contributed by atoms with Crippen LogP contribution in [0.15, 0.2) is 36.4 Å². The minimum atomic E-state index is -6.00. The Bertz CT molecular complexity index is 2040. The van der Waals surface area contributed by atoms with Crippen LogP contribution in [0.4, 0.5) is 57.1 Å². The van der Waals surface area contributed by atoms with Crippen LogP contribution >= 0.6 is 0 Å². The van der Waals surface area contributed by atoms with E-state index in [0.717, 1.165) is 31.2 Å². The van der Waals surface area contributed by atoms with Crippen LogP contribution in [0.5, 0.6) is 0 Å². The molecule has 0 aliphatic heterocycles. The largest absolute Gasteiger partial charge is 0.417 e. The van der Waals surface area contributed by atoms with Crippen molar-refractivity contribution in [3.63, 3.8) is 0 Å². The average molecular weight is 674 g/mol. The Kier molecular flexibility index (Phi) is 9.43. The summed E-state index contributed by atoms with van der Waals surface area (Å²) >= 11 is 0. The van der Waals surface area contributed by atoms with Gasteiger partial charge in [0.25, 0.3) is 0 Å². The summed E-state index contributed by atoms with van der Waals surface area (Å²) in [7, 11) is 0. The van der Waals surface area contributed by atoms with E-state index in [2.05, 4.69) is 0 Å². The predicted octanol–water partition coefficient (Wildman–Crippen LogP) is 8.03. The average Bonchev–Trinajstić information content (AvgIpc) is 2.91. The Balaban J connectivity index is 3.09. The van der Waals surface area contributed by atoms with Gasteiger partial charge in [-0.3, -0.25) is 0 Å². The molecule has 0 saturated carbocycles. The highest BCUT2D eigenvalue weighted by Crippen LogP contribution is 2.41. The molecule has 0 N–H and O–H groups in total. The molecule has 242 valence electrons. The molecule has 0 unspecified atom stereocenters. The lowest BCUT2D eigenvalue weighted by Crippen LogP contribution is -2.35. The molecule has 3 aromatic carbocycles. The number of halogens is 13. The van der Waals surface area contributed by atoms with Gasteiger partial charge in [-0.05, 0) is 65.1 Å². The molecule has 17 heteroatoms. The van der Waals surface area contributed by atoms with Gasteiger partial charge in [0, 0.05) is 16.0 Å². The van der Waals surface area contributed by atoms with Crippen molar-refractivity contribution in [1.82, 2.24) is 0 Å². The quantitative estimate of drug-likeness (QED) is 0.263. The molecule has 0 radical (unpaired) electrons. The van der Waals surface area contributed by atoms with Crippen LogP contribution in [0.3, 0.4) is 0 Å². The van der Waals surface area contributed by atoms with Crippen molar-refractivity contribution in [1.29, 1.82) is 21.0 Å². The second-order valence-corrected chi connectivity index (χ2v) is 9.65. The third kappa shape index (κ3) is 7.47. The first-order valence-corrected chi connectivity index (χ1v) is 12.3. The summed E-state index contributed by atoms with van der Waals surface area (Å²) in [5.74, 6) is -1.88. The molecule has 3 aromatic rings. The zero-order valence-corrected chi connectivity index (χ0v) is 22.9. The van der Waals surface area contributed by atoms with Gasteiger partial charge in [-0.15, -0.1) is 0 Å². The van der Waals surface area contributed by atoms with Gasteiger partial charge in [-0.2, -0.15) is 73.7 Å².